The van der Waals surface area contributed by atoms with Crippen molar-refractivity contribution in [3.05, 3.63) is 35.0 Å². The van der Waals surface area contributed by atoms with Gasteiger partial charge < -0.3 is 10.2 Å². The number of hydrogen-bond donors (Lipinski definition) is 1. The van der Waals surface area contributed by atoms with E-state index in [1.165, 1.54) is 4.88 Å². The van der Waals surface area contributed by atoms with Crippen LogP contribution in [-0.4, -0.2) is 55.0 Å². The molecule has 1 fully saturated rings. The van der Waals surface area contributed by atoms with Crippen molar-refractivity contribution in [1.82, 2.24) is 15.1 Å². The van der Waals surface area contributed by atoms with Crippen LogP contribution in [0.1, 0.15) is 11.3 Å². The largest absolute Gasteiger partial charge is 0.333 e. The highest BCUT2D eigenvalue weighted by molar-refractivity contribution is 7.09. The van der Waals surface area contributed by atoms with E-state index in [4.69, 9.17) is 0 Å². The minimum Gasteiger partial charge on any atom is -0.333 e. The number of amides is 1. The number of thiophene rings is 1. The second-order valence-corrected chi connectivity index (χ2v) is 6.18. The summed E-state index contributed by atoms with van der Waals surface area (Å²) < 4.78 is 0. The second-order valence-electron chi connectivity index (χ2n) is 5.15. The van der Waals surface area contributed by atoms with Crippen LogP contribution in [0, 0.1) is 0 Å². The first-order chi connectivity index (χ1) is 9.72. The van der Waals surface area contributed by atoms with Crippen molar-refractivity contribution in [2.24, 2.45) is 0 Å². The number of rotatable bonds is 7. The lowest BCUT2D eigenvalue weighted by atomic mass is 10.3. The van der Waals surface area contributed by atoms with E-state index in [1.54, 1.807) is 17.4 Å². The van der Waals surface area contributed by atoms with Gasteiger partial charge in [0, 0.05) is 30.6 Å². The molecule has 20 heavy (non-hydrogen) atoms. The van der Waals surface area contributed by atoms with Crippen molar-refractivity contribution in [1.29, 1.82) is 0 Å². The minimum absolute atomic E-state index is 0.190. The molecule has 1 aromatic rings. The number of hydrogen-bond acceptors (Lipinski definition) is 4. The third kappa shape index (κ3) is 4.16. The molecule has 0 radical (unpaired) electrons. The highest BCUT2D eigenvalue weighted by atomic mass is 32.1. The number of carbonyl (C=O) groups is 1. The first-order valence-corrected chi connectivity index (χ1v) is 7.91. The number of nitrogens with one attached hydrogen (secondary N) is 1. The van der Waals surface area contributed by atoms with E-state index in [1.807, 2.05) is 23.4 Å². The predicted molar refractivity (Wildman–Crippen MR) is 83.8 cm³/mol. The van der Waals surface area contributed by atoms with Crippen LogP contribution in [0.3, 0.4) is 0 Å². The lowest BCUT2D eigenvalue weighted by molar-refractivity contribution is -0.132. The van der Waals surface area contributed by atoms with E-state index in [2.05, 4.69) is 22.9 Å². The minimum atomic E-state index is 0.190. The summed E-state index contributed by atoms with van der Waals surface area (Å²) in [5, 5.41) is 5.32. The molecule has 1 amide bonds. The van der Waals surface area contributed by atoms with Crippen LogP contribution in [0.15, 0.2) is 30.2 Å². The first-order valence-electron chi connectivity index (χ1n) is 7.03. The van der Waals surface area contributed by atoms with Crippen molar-refractivity contribution in [3.8, 4) is 0 Å². The summed E-state index contributed by atoms with van der Waals surface area (Å²) in [6.45, 7) is 7.52. The Kier molecular flexibility index (Phi) is 5.76. The van der Waals surface area contributed by atoms with Gasteiger partial charge in [-0.2, -0.15) is 0 Å². The second kappa shape index (κ2) is 7.57. The zero-order valence-electron chi connectivity index (χ0n) is 12.0. The molecule has 0 spiro atoms. The quantitative estimate of drug-likeness (QED) is 0.775. The van der Waals surface area contributed by atoms with Gasteiger partial charge in [0.2, 0.25) is 5.91 Å². The molecule has 1 unspecified atom stereocenters. The smallest absolute Gasteiger partial charge is 0.237 e. The number of nitrogens with zero attached hydrogens (tertiary/aromatic N) is 2. The molecule has 1 atom stereocenters. The summed E-state index contributed by atoms with van der Waals surface area (Å²) in [6.07, 6.45) is 2.92. The van der Waals surface area contributed by atoms with Gasteiger partial charge in [0.05, 0.1) is 13.1 Å². The molecule has 4 nitrogen and oxygen atoms in total. The highest BCUT2D eigenvalue weighted by Crippen LogP contribution is 2.13. The molecule has 1 N–H and O–H groups in total. The Bertz CT molecular complexity index is 432. The van der Waals surface area contributed by atoms with E-state index < -0.39 is 0 Å². The Balaban J connectivity index is 1.88. The molecule has 2 rings (SSSR count). The summed E-state index contributed by atoms with van der Waals surface area (Å²) >= 11 is 1.69. The lowest BCUT2D eigenvalue weighted by Crippen LogP contribution is -2.40. The van der Waals surface area contributed by atoms with Gasteiger partial charge in [-0.15, -0.1) is 17.9 Å². The Morgan fingerprint density at radius 3 is 3.15 bits per heavy atom. The Labute approximate surface area is 125 Å². The molecule has 0 saturated carbocycles. The van der Waals surface area contributed by atoms with Crippen LogP contribution in [0.5, 0.6) is 0 Å². The predicted octanol–water partition coefficient (Wildman–Crippen LogP) is 1.56. The maximum atomic E-state index is 12.4. The fourth-order valence-electron chi connectivity index (χ4n) is 2.50. The maximum Gasteiger partial charge on any atom is 0.237 e. The Morgan fingerprint density at radius 1 is 1.70 bits per heavy atom. The Hall–Kier alpha value is -1.17. The molecule has 1 aliphatic heterocycles. The van der Waals surface area contributed by atoms with Gasteiger partial charge in [-0.1, -0.05) is 12.1 Å². The van der Waals surface area contributed by atoms with Gasteiger partial charge in [-0.05, 0) is 24.9 Å². The van der Waals surface area contributed by atoms with Gasteiger partial charge in [-0.25, -0.2) is 0 Å². The Morgan fingerprint density at radius 2 is 2.55 bits per heavy atom. The molecule has 0 aliphatic carbocycles. The fourth-order valence-corrected chi connectivity index (χ4v) is 3.22. The van der Waals surface area contributed by atoms with Gasteiger partial charge in [0.25, 0.3) is 0 Å². The molecule has 0 aromatic carbocycles. The molecule has 5 heteroatoms. The summed E-state index contributed by atoms with van der Waals surface area (Å²) in [5.74, 6) is 0.190. The van der Waals surface area contributed by atoms with Crippen LogP contribution >= 0.6 is 11.3 Å². The van der Waals surface area contributed by atoms with Crippen molar-refractivity contribution in [2.45, 2.75) is 19.0 Å². The zero-order valence-corrected chi connectivity index (χ0v) is 12.9. The van der Waals surface area contributed by atoms with Crippen LogP contribution in [0.4, 0.5) is 0 Å². The van der Waals surface area contributed by atoms with Crippen LogP contribution in [0.2, 0.25) is 0 Å². The first kappa shape index (κ1) is 15.2. The standard InChI is InChI=1S/C15H23N3OS/c1-3-7-18(11-14-5-4-9-20-14)15(19)12-17-8-6-13(10-17)16-2/h3-5,9,13,16H,1,6-8,10-12H2,2H3. The summed E-state index contributed by atoms with van der Waals surface area (Å²) in [6, 6.07) is 4.61. The van der Waals surface area contributed by atoms with Crippen LogP contribution in [0.25, 0.3) is 0 Å². The van der Waals surface area contributed by atoms with E-state index in [-0.39, 0.29) is 5.91 Å². The van der Waals surface area contributed by atoms with Crippen LogP contribution < -0.4 is 5.32 Å². The number of carbonyl (C=O) groups excluding carboxylic acids is 1. The molecule has 1 saturated heterocycles. The lowest BCUT2D eigenvalue weighted by Gasteiger charge is -2.24. The topological polar surface area (TPSA) is 35.6 Å². The molecule has 0 bridgehead atoms. The van der Waals surface area contributed by atoms with Crippen molar-refractivity contribution in [2.75, 3.05) is 33.2 Å². The summed E-state index contributed by atoms with van der Waals surface area (Å²) in [4.78, 5) is 17.8. The highest BCUT2D eigenvalue weighted by Gasteiger charge is 2.24. The van der Waals surface area contributed by atoms with Crippen molar-refractivity contribution in [3.63, 3.8) is 0 Å². The van der Waals surface area contributed by atoms with Crippen LogP contribution in [-0.2, 0) is 11.3 Å². The average Bonchev–Trinajstić information content (AvgIpc) is 3.09. The average molecular weight is 293 g/mol. The normalized spacial score (nSPS) is 19.1. The summed E-state index contributed by atoms with van der Waals surface area (Å²) in [5.41, 5.74) is 0. The monoisotopic (exact) mass is 293 g/mol. The zero-order chi connectivity index (χ0) is 14.4. The van der Waals surface area contributed by atoms with Gasteiger partial charge >= 0.3 is 0 Å². The SMILES string of the molecule is C=CCN(Cc1cccs1)C(=O)CN1CCC(NC)C1. The summed E-state index contributed by atoms with van der Waals surface area (Å²) in [7, 11) is 1.98. The van der Waals surface area contributed by atoms with E-state index in [0.29, 0.717) is 25.7 Å². The third-order valence-electron chi connectivity index (χ3n) is 3.67. The number of likely N-dealkylation sites (N-methyl/N-ethyl adjacent to an activating group) is 1. The molecule has 2 heterocycles. The molecule has 1 aromatic heterocycles. The molecule has 110 valence electrons. The van der Waals surface area contributed by atoms with Crippen molar-refractivity contribution < 1.29 is 4.79 Å². The fraction of sp³-hybridized carbons (Fsp3) is 0.533. The van der Waals surface area contributed by atoms with E-state index >= 15 is 0 Å². The molecular formula is C15H23N3OS. The van der Waals surface area contributed by atoms with E-state index in [9.17, 15) is 4.79 Å². The molecular weight excluding hydrogens is 270 g/mol. The van der Waals surface area contributed by atoms with E-state index in [0.717, 1.165) is 19.5 Å². The van der Waals surface area contributed by atoms with Gasteiger partial charge in [-0.3, -0.25) is 9.69 Å². The third-order valence-corrected chi connectivity index (χ3v) is 4.53. The van der Waals surface area contributed by atoms with Gasteiger partial charge in [0.1, 0.15) is 0 Å². The molecule has 1 aliphatic rings. The van der Waals surface area contributed by atoms with Crippen molar-refractivity contribution >= 4 is 17.2 Å². The van der Waals surface area contributed by atoms with Gasteiger partial charge in [0.15, 0.2) is 0 Å². The number of likely N-dealkylation sites (tertiary alicyclic amines) is 1. The maximum absolute atomic E-state index is 12.4.